The fraction of sp³-hybridized carbons (Fsp3) is 0.270. The van der Waals surface area contributed by atoms with Crippen LogP contribution in [0.25, 0.3) is 11.1 Å². The number of aryl methyl sites for hydroxylation is 1. The number of piperidine rings is 1. The normalized spacial score (nSPS) is 15.0. The standard InChI is InChI=1S/C37H38N4O4/c1-26-5-6-30(36(43)39-32-15-17-33(18-16-32)40-21-23-45-24-22-40)25-34(26)27-7-9-28(10-8-27)35(42)38-31-13-11-29(12-14-31)37(44)41-19-3-2-4-20-41/h5-18,25H,2-4,19-24H2,1H3,(H,38,42)(H,39,43). The Morgan fingerprint density at radius 3 is 1.82 bits per heavy atom. The molecule has 0 saturated carbocycles. The second-order valence-corrected chi connectivity index (χ2v) is 11.6. The van der Waals surface area contributed by atoms with E-state index in [0.717, 1.165) is 80.3 Å². The van der Waals surface area contributed by atoms with E-state index in [4.69, 9.17) is 4.74 Å². The van der Waals surface area contributed by atoms with Crippen molar-refractivity contribution in [2.45, 2.75) is 26.2 Å². The molecule has 8 heteroatoms. The van der Waals surface area contributed by atoms with Crippen LogP contribution in [0.5, 0.6) is 0 Å². The summed E-state index contributed by atoms with van der Waals surface area (Å²) in [6.07, 6.45) is 3.26. The number of nitrogens with one attached hydrogen (secondary N) is 2. The number of carbonyl (C=O) groups is 3. The predicted molar refractivity (Wildman–Crippen MR) is 178 cm³/mol. The zero-order chi connectivity index (χ0) is 31.2. The molecular weight excluding hydrogens is 564 g/mol. The lowest BCUT2D eigenvalue weighted by Crippen LogP contribution is -2.36. The van der Waals surface area contributed by atoms with Crippen LogP contribution in [-0.2, 0) is 4.74 Å². The molecule has 2 aliphatic rings. The number of rotatable bonds is 7. The van der Waals surface area contributed by atoms with Crippen LogP contribution in [0.3, 0.4) is 0 Å². The highest BCUT2D eigenvalue weighted by atomic mass is 16.5. The zero-order valence-electron chi connectivity index (χ0n) is 25.6. The Bertz CT molecular complexity index is 1650. The van der Waals surface area contributed by atoms with Gasteiger partial charge in [-0.15, -0.1) is 0 Å². The molecule has 4 aromatic carbocycles. The number of ether oxygens (including phenoxy) is 1. The van der Waals surface area contributed by atoms with Gasteiger partial charge in [0.25, 0.3) is 17.7 Å². The number of hydrogen-bond donors (Lipinski definition) is 2. The molecule has 2 N–H and O–H groups in total. The molecule has 0 spiro atoms. The van der Waals surface area contributed by atoms with Gasteiger partial charge >= 0.3 is 0 Å². The first-order chi connectivity index (χ1) is 21.9. The number of likely N-dealkylation sites (tertiary alicyclic amines) is 1. The smallest absolute Gasteiger partial charge is 0.255 e. The molecule has 2 aliphatic heterocycles. The molecule has 3 amide bonds. The van der Waals surface area contributed by atoms with Crippen molar-refractivity contribution in [1.29, 1.82) is 0 Å². The SMILES string of the molecule is Cc1ccc(C(=O)Nc2ccc(N3CCOCC3)cc2)cc1-c1ccc(C(=O)Nc2ccc(C(=O)N3CCCCC3)cc2)cc1. The third-order valence-electron chi connectivity index (χ3n) is 8.49. The van der Waals surface area contributed by atoms with Gasteiger partial charge < -0.3 is 25.2 Å². The Balaban J connectivity index is 1.08. The monoisotopic (exact) mass is 602 g/mol. The molecule has 0 aliphatic carbocycles. The van der Waals surface area contributed by atoms with Crippen molar-refractivity contribution < 1.29 is 19.1 Å². The highest BCUT2D eigenvalue weighted by Crippen LogP contribution is 2.27. The number of morpholine rings is 1. The largest absolute Gasteiger partial charge is 0.378 e. The summed E-state index contributed by atoms with van der Waals surface area (Å²) in [6.45, 7) is 6.77. The fourth-order valence-electron chi connectivity index (χ4n) is 5.83. The van der Waals surface area contributed by atoms with Crippen molar-refractivity contribution in [2.75, 3.05) is 54.9 Å². The molecule has 0 aromatic heterocycles. The van der Waals surface area contributed by atoms with Gasteiger partial charge in [0, 0.05) is 59.9 Å². The molecule has 0 unspecified atom stereocenters. The summed E-state index contributed by atoms with van der Waals surface area (Å²) in [5.41, 5.74) is 7.03. The summed E-state index contributed by atoms with van der Waals surface area (Å²) in [5.74, 6) is -0.380. The first-order valence-electron chi connectivity index (χ1n) is 15.6. The lowest BCUT2D eigenvalue weighted by molar-refractivity contribution is 0.0724. The Hall–Kier alpha value is -4.95. The topological polar surface area (TPSA) is 91.0 Å². The van der Waals surface area contributed by atoms with E-state index >= 15 is 0 Å². The molecule has 45 heavy (non-hydrogen) atoms. The van der Waals surface area contributed by atoms with Crippen molar-refractivity contribution in [2.24, 2.45) is 0 Å². The first-order valence-corrected chi connectivity index (χ1v) is 15.6. The Labute approximate surface area is 264 Å². The highest BCUT2D eigenvalue weighted by molar-refractivity contribution is 6.06. The van der Waals surface area contributed by atoms with Crippen LogP contribution in [0, 0.1) is 6.92 Å². The molecule has 0 bridgehead atoms. The van der Waals surface area contributed by atoms with Crippen LogP contribution < -0.4 is 15.5 Å². The van der Waals surface area contributed by atoms with Crippen LogP contribution in [0.1, 0.15) is 55.9 Å². The van der Waals surface area contributed by atoms with E-state index in [-0.39, 0.29) is 17.7 Å². The number of carbonyl (C=O) groups excluding carboxylic acids is 3. The first kappa shape index (κ1) is 30.1. The van der Waals surface area contributed by atoms with Gasteiger partial charge in [0.05, 0.1) is 13.2 Å². The Kier molecular flexibility index (Phi) is 9.22. The van der Waals surface area contributed by atoms with Gasteiger partial charge in [-0.3, -0.25) is 14.4 Å². The van der Waals surface area contributed by atoms with E-state index < -0.39 is 0 Å². The molecule has 4 aromatic rings. The molecule has 8 nitrogen and oxygen atoms in total. The molecule has 0 radical (unpaired) electrons. The lowest BCUT2D eigenvalue weighted by Gasteiger charge is -2.28. The van der Waals surface area contributed by atoms with Gasteiger partial charge in [-0.25, -0.2) is 0 Å². The van der Waals surface area contributed by atoms with Crippen LogP contribution in [-0.4, -0.2) is 62.0 Å². The maximum atomic E-state index is 13.1. The zero-order valence-corrected chi connectivity index (χ0v) is 25.6. The molecular formula is C37H38N4O4. The summed E-state index contributed by atoms with van der Waals surface area (Å²) in [5, 5.41) is 5.92. The molecule has 0 atom stereocenters. The van der Waals surface area contributed by atoms with Crippen LogP contribution in [0.2, 0.25) is 0 Å². The molecule has 2 heterocycles. The Morgan fingerprint density at radius 1 is 0.622 bits per heavy atom. The second kappa shape index (κ2) is 13.8. The minimum Gasteiger partial charge on any atom is -0.378 e. The van der Waals surface area contributed by atoms with Crippen molar-refractivity contribution in [3.63, 3.8) is 0 Å². The molecule has 6 rings (SSSR count). The van der Waals surface area contributed by atoms with Crippen LogP contribution in [0.15, 0.2) is 91.0 Å². The van der Waals surface area contributed by atoms with Crippen molar-refractivity contribution in [1.82, 2.24) is 4.90 Å². The maximum absolute atomic E-state index is 13.1. The quantitative estimate of drug-likeness (QED) is 0.248. The lowest BCUT2D eigenvalue weighted by atomic mass is 9.97. The third-order valence-corrected chi connectivity index (χ3v) is 8.49. The van der Waals surface area contributed by atoms with E-state index in [0.29, 0.717) is 22.4 Å². The predicted octanol–water partition coefficient (Wildman–Crippen LogP) is 6.63. The van der Waals surface area contributed by atoms with E-state index in [9.17, 15) is 14.4 Å². The van der Waals surface area contributed by atoms with Crippen LogP contribution >= 0.6 is 0 Å². The van der Waals surface area contributed by atoms with E-state index in [2.05, 4.69) is 15.5 Å². The number of hydrogen-bond acceptors (Lipinski definition) is 5. The van der Waals surface area contributed by atoms with Gasteiger partial charge in [-0.1, -0.05) is 18.2 Å². The summed E-state index contributed by atoms with van der Waals surface area (Å²) < 4.78 is 5.43. The van der Waals surface area contributed by atoms with Crippen molar-refractivity contribution >= 4 is 34.8 Å². The van der Waals surface area contributed by atoms with Gasteiger partial charge in [0.15, 0.2) is 0 Å². The minimum atomic E-state index is -0.235. The molecule has 230 valence electrons. The van der Waals surface area contributed by atoms with Crippen LogP contribution in [0.4, 0.5) is 17.1 Å². The second-order valence-electron chi connectivity index (χ2n) is 11.6. The van der Waals surface area contributed by atoms with Gasteiger partial charge in [0.1, 0.15) is 0 Å². The molecule has 2 fully saturated rings. The number of nitrogens with zero attached hydrogens (tertiary/aromatic N) is 2. The van der Waals surface area contributed by atoms with Crippen molar-refractivity contribution in [3.05, 3.63) is 113 Å². The van der Waals surface area contributed by atoms with E-state index in [1.54, 1.807) is 36.4 Å². The van der Waals surface area contributed by atoms with E-state index in [1.807, 2.05) is 66.4 Å². The van der Waals surface area contributed by atoms with E-state index in [1.165, 1.54) is 6.42 Å². The average Bonchev–Trinajstić information content (AvgIpc) is 3.09. The third kappa shape index (κ3) is 7.24. The minimum absolute atomic E-state index is 0.0399. The Morgan fingerprint density at radius 2 is 1.18 bits per heavy atom. The fourth-order valence-corrected chi connectivity index (χ4v) is 5.83. The number of benzene rings is 4. The van der Waals surface area contributed by atoms with Gasteiger partial charge in [-0.2, -0.15) is 0 Å². The highest BCUT2D eigenvalue weighted by Gasteiger charge is 2.18. The number of anilines is 3. The van der Waals surface area contributed by atoms with Crippen molar-refractivity contribution in [3.8, 4) is 11.1 Å². The average molecular weight is 603 g/mol. The summed E-state index contributed by atoms with van der Waals surface area (Å²) in [7, 11) is 0. The van der Waals surface area contributed by atoms with Gasteiger partial charge in [-0.05, 0) is 116 Å². The summed E-state index contributed by atoms with van der Waals surface area (Å²) in [4.78, 5) is 43.0. The van der Waals surface area contributed by atoms with Gasteiger partial charge in [0.2, 0.25) is 0 Å². The summed E-state index contributed by atoms with van der Waals surface area (Å²) in [6, 6.07) is 27.9. The maximum Gasteiger partial charge on any atom is 0.255 e. The summed E-state index contributed by atoms with van der Waals surface area (Å²) >= 11 is 0. The molecule has 2 saturated heterocycles. The number of amides is 3.